The molecular formula is C23H20FN3O2. The number of ketones is 1. The van der Waals surface area contributed by atoms with Gasteiger partial charge in [-0.2, -0.15) is 5.26 Å². The zero-order valence-electron chi connectivity index (χ0n) is 16.2. The third-order valence-electron chi connectivity index (χ3n) is 5.35. The van der Waals surface area contributed by atoms with Crippen molar-refractivity contribution in [2.45, 2.75) is 32.6 Å². The van der Waals surface area contributed by atoms with Gasteiger partial charge in [0.05, 0.1) is 5.92 Å². The Bertz CT molecular complexity index is 1110. The second-order valence-electron chi connectivity index (χ2n) is 8.22. The molecule has 0 saturated carbocycles. The minimum absolute atomic E-state index is 0.0222. The van der Waals surface area contributed by atoms with E-state index < -0.39 is 5.92 Å². The maximum absolute atomic E-state index is 13.3. The third-order valence-corrected chi connectivity index (χ3v) is 5.35. The number of nitrogens with two attached hydrogens (primary N) is 1. The Kier molecular flexibility index (Phi) is 4.46. The van der Waals surface area contributed by atoms with Crippen molar-refractivity contribution in [2.24, 2.45) is 11.1 Å². The first-order chi connectivity index (χ1) is 13.8. The van der Waals surface area contributed by atoms with Crippen molar-refractivity contribution >= 4 is 5.78 Å². The molecule has 1 aromatic heterocycles. The number of benzene rings is 1. The van der Waals surface area contributed by atoms with E-state index in [-0.39, 0.29) is 28.5 Å². The molecule has 0 spiro atoms. The monoisotopic (exact) mass is 389 g/mol. The molecule has 5 nitrogen and oxygen atoms in total. The van der Waals surface area contributed by atoms with Crippen LogP contribution < -0.4 is 5.73 Å². The van der Waals surface area contributed by atoms with Crippen molar-refractivity contribution in [1.82, 2.24) is 4.98 Å². The molecule has 0 saturated heterocycles. The lowest BCUT2D eigenvalue weighted by Crippen LogP contribution is -2.33. The van der Waals surface area contributed by atoms with Gasteiger partial charge in [-0.05, 0) is 34.7 Å². The van der Waals surface area contributed by atoms with Gasteiger partial charge >= 0.3 is 0 Å². The Hall–Kier alpha value is -3.46. The highest BCUT2D eigenvalue weighted by Crippen LogP contribution is 2.48. The van der Waals surface area contributed by atoms with Gasteiger partial charge < -0.3 is 10.5 Å². The average Bonchev–Trinajstić information content (AvgIpc) is 2.66. The van der Waals surface area contributed by atoms with Crippen molar-refractivity contribution < 1.29 is 13.9 Å². The van der Waals surface area contributed by atoms with Crippen LogP contribution in [0.25, 0.3) is 11.1 Å². The van der Waals surface area contributed by atoms with E-state index in [2.05, 4.69) is 11.1 Å². The fourth-order valence-corrected chi connectivity index (χ4v) is 4.03. The Morgan fingerprint density at radius 1 is 1.21 bits per heavy atom. The number of hydrogen-bond donors (Lipinski definition) is 1. The highest BCUT2D eigenvalue weighted by atomic mass is 19.1. The molecule has 6 heteroatoms. The Morgan fingerprint density at radius 2 is 1.93 bits per heavy atom. The first kappa shape index (κ1) is 18.9. The van der Waals surface area contributed by atoms with Crippen LogP contribution in [-0.4, -0.2) is 10.8 Å². The Morgan fingerprint density at radius 3 is 2.62 bits per heavy atom. The summed E-state index contributed by atoms with van der Waals surface area (Å²) >= 11 is 0. The molecule has 0 radical (unpaired) electrons. The molecule has 0 bridgehead atoms. The summed E-state index contributed by atoms with van der Waals surface area (Å²) in [5, 5.41) is 9.73. The number of halogens is 1. The van der Waals surface area contributed by atoms with Crippen LogP contribution in [0, 0.1) is 22.6 Å². The summed E-state index contributed by atoms with van der Waals surface area (Å²) in [7, 11) is 0. The summed E-state index contributed by atoms with van der Waals surface area (Å²) in [6.45, 7) is 4.01. The number of rotatable bonds is 2. The second-order valence-corrected chi connectivity index (χ2v) is 8.22. The molecule has 0 fully saturated rings. The molecule has 2 N–H and O–H groups in total. The van der Waals surface area contributed by atoms with Crippen LogP contribution in [0.15, 0.2) is 65.5 Å². The summed E-state index contributed by atoms with van der Waals surface area (Å²) < 4.78 is 19.0. The molecule has 2 aromatic rings. The standard InChI is InChI=1S/C23H20FN3O2/c1-23(2)8-18(28)21-19(9-23)29-22(26)17(10-25)20(21)15-7-14(11-27-12-15)13-3-5-16(24)6-4-13/h3-7,11-12,20H,8-9,26H2,1-2H3. The van der Waals surface area contributed by atoms with E-state index in [1.54, 1.807) is 24.5 Å². The number of hydrogen-bond acceptors (Lipinski definition) is 5. The van der Waals surface area contributed by atoms with Crippen molar-refractivity contribution in [1.29, 1.82) is 5.26 Å². The van der Waals surface area contributed by atoms with E-state index in [0.29, 0.717) is 29.7 Å². The van der Waals surface area contributed by atoms with E-state index in [9.17, 15) is 14.4 Å². The number of aromatic nitrogens is 1. The van der Waals surface area contributed by atoms with Gasteiger partial charge in [0.15, 0.2) is 5.78 Å². The van der Waals surface area contributed by atoms with Crippen LogP contribution in [0.2, 0.25) is 0 Å². The minimum atomic E-state index is -0.625. The molecule has 2 heterocycles. The molecule has 146 valence electrons. The lowest BCUT2D eigenvalue weighted by atomic mass is 9.70. The van der Waals surface area contributed by atoms with Crippen LogP contribution >= 0.6 is 0 Å². The minimum Gasteiger partial charge on any atom is -0.444 e. The van der Waals surface area contributed by atoms with Crippen LogP contribution in [0.3, 0.4) is 0 Å². The Balaban J connectivity index is 1.85. The molecule has 1 aliphatic carbocycles. The normalized spacial score (nSPS) is 20.8. The maximum atomic E-state index is 13.3. The highest BCUT2D eigenvalue weighted by Gasteiger charge is 2.43. The SMILES string of the molecule is CC1(C)CC(=O)C2=C(C1)OC(N)=C(C#N)C2c1cncc(-c2ccc(F)cc2)c1. The van der Waals surface area contributed by atoms with Gasteiger partial charge in [0.25, 0.3) is 0 Å². The largest absolute Gasteiger partial charge is 0.444 e. The van der Waals surface area contributed by atoms with E-state index in [0.717, 1.165) is 11.1 Å². The van der Waals surface area contributed by atoms with Crippen LogP contribution in [0.4, 0.5) is 4.39 Å². The zero-order chi connectivity index (χ0) is 20.8. The number of allylic oxidation sites excluding steroid dienone is 3. The van der Waals surface area contributed by atoms with Gasteiger partial charge in [-0.25, -0.2) is 4.39 Å². The average molecular weight is 389 g/mol. The summed E-state index contributed by atoms with van der Waals surface area (Å²) in [6, 6.07) is 10.0. The maximum Gasteiger partial charge on any atom is 0.205 e. The van der Waals surface area contributed by atoms with Gasteiger partial charge in [0.1, 0.15) is 23.2 Å². The number of nitriles is 1. The number of ether oxygens (including phenoxy) is 1. The van der Waals surface area contributed by atoms with E-state index in [1.807, 2.05) is 19.9 Å². The number of nitrogens with zero attached hydrogens (tertiary/aromatic N) is 2. The molecule has 4 rings (SSSR count). The predicted molar refractivity (Wildman–Crippen MR) is 105 cm³/mol. The van der Waals surface area contributed by atoms with Crippen LogP contribution in [-0.2, 0) is 9.53 Å². The van der Waals surface area contributed by atoms with Gasteiger partial charge in [-0.15, -0.1) is 0 Å². The summed E-state index contributed by atoms with van der Waals surface area (Å²) in [4.78, 5) is 17.3. The fourth-order valence-electron chi connectivity index (χ4n) is 4.03. The molecule has 0 amide bonds. The second kappa shape index (κ2) is 6.85. The lowest BCUT2D eigenvalue weighted by molar-refractivity contribution is -0.119. The molecule has 2 aliphatic rings. The Labute approximate surface area is 168 Å². The summed E-state index contributed by atoms with van der Waals surface area (Å²) in [5.74, 6) is -0.446. The van der Waals surface area contributed by atoms with Gasteiger partial charge in [-0.3, -0.25) is 9.78 Å². The topological polar surface area (TPSA) is 89.0 Å². The summed E-state index contributed by atoms with van der Waals surface area (Å²) in [5.41, 5.74) is 8.72. The number of carbonyl (C=O) groups is 1. The van der Waals surface area contributed by atoms with Crippen LogP contribution in [0.5, 0.6) is 0 Å². The van der Waals surface area contributed by atoms with E-state index in [1.165, 1.54) is 12.1 Å². The van der Waals surface area contributed by atoms with Gasteiger partial charge in [0, 0.05) is 36.4 Å². The predicted octanol–water partition coefficient (Wildman–Crippen LogP) is 4.34. The molecular weight excluding hydrogens is 369 g/mol. The third kappa shape index (κ3) is 3.40. The first-order valence-corrected chi connectivity index (χ1v) is 9.34. The number of carbonyl (C=O) groups excluding carboxylic acids is 1. The van der Waals surface area contributed by atoms with Crippen molar-refractivity contribution in [2.75, 3.05) is 0 Å². The highest BCUT2D eigenvalue weighted by molar-refractivity contribution is 6.00. The smallest absolute Gasteiger partial charge is 0.205 e. The van der Waals surface area contributed by atoms with Crippen LogP contribution in [0.1, 0.15) is 38.2 Å². The molecule has 29 heavy (non-hydrogen) atoms. The van der Waals surface area contributed by atoms with Crippen molar-refractivity contribution in [3.05, 3.63) is 76.9 Å². The molecule has 1 atom stereocenters. The molecule has 1 aliphatic heterocycles. The van der Waals surface area contributed by atoms with Gasteiger partial charge in [-0.1, -0.05) is 26.0 Å². The molecule has 1 aromatic carbocycles. The number of Topliss-reactive ketones (excluding diaryl/α,β-unsaturated/α-hetero) is 1. The quantitative estimate of drug-likeness (QED) is 0.825. The first-order valence-electron chi connectivity index (χ1n) is 9.34. The fraction of sp³-hybridized carbons (Fsp3) is 0.261. The van der Waals surface area contributed by atoms with Gasteiger partial charge in [0.2, 0.25) is 5.88 Å². The van der Waals surface area contributed by atoms with E-state index >= 15 is 0 Å². The van der Waals surface area contributed by atoms with Crippen molar-refractivity contribution in [3.63, 3.8) is 0 Å². The van der Waals surface area contributed by atoms with E-state index in [4.69, 9.17) is 10.5 Å². The summed E-state index contributed by atoms with van der Waals surface area (Å²) in [6.07, 6.45) is 4.23. The molecule has 1 unspecified atom stereocenters. The number of pyridine rings is 1. The lowest BCUT2D eigenvalue weighted by Gasteiger charge is -2.37. The zero-order valence-corrected chi connectivity index (χ0v) is 16.2. The van der Waals surface area contributed by atoms with Crippen molar-refractivity contribution in [3.8, 4) is 17.2 Å².